The molecule has 150 valence electrons. The zero-order chi connectivity index (χ0) is 20.7. The molecule has 2 rings (SSSR count). The first-order valence-corrected chi connectivity index (χ1v) is 8.56. The third-order valence-electron chi connectivity index (χ3n) is 3.89. The zero-order valence-corrected chi connectivity index (χ0v) is 15.5. The van der Waals surface area contributed by atoms with Crippen LogP contribution in [0.5, 0.6) is 5.75 Å². The SMILES string of the molecule is Cc1cccc(OCCC(=O)N(C)CC(=O)Nc2ccccc2C(F)(F)F)c1. The Bertz CT molecular complexity index is 837. The number of aryl methyl sites for hydroxylation is 1. The highest BCUT2D eigenvalue weighted by Gasteiger charge is 2.33. The number of para-hydroxylation sites is 1. The molecule has 0 saturated heterocycles. The molecule has 0 radical (unpaired) electrons. The van der Waals surface area contributed by atoms with Crippen LogP contribution < -0.4 is 10.1 Å². The molecule has 2 aromatic rings. The van der Waals surface area contributed by atoms with Crippen molar-refractivity contribution in [3.8, 4) is 5.75 Å². The Hall–Kier alpha value is -3.03. The first kappa shape index (κ1) is 21.3. The van der Waals surface area contributed by atoms with Crippen molar-refractivity contribution in [2.24, 2.45) is 0 Å². The third-order valence-corrected chi connectivity index (χ3v) is 3.89. The average molecular weight is 394 g/mol. The Morgan fingerprint density at radius 3 is 2.50 bits per heavy atom. The molecule has 1 N–H and O–H groups in total. The van der Waals surface area contributed by atoms with Crippen molar-refractivity contribution >= 4 is 17.5 Å². The van der Waals surface area contributed by atoms with E-state index in [1.807, 2.05) is 25.1 Å². The summed E-state index contributed by atoms with van der Waals surface area (Å²) in [7, 11) is 1.41. The van der Waals surface area contributed by atoms with Crippen LogP contribution in [0.4, 0.5) is 18.9 Å². The number of hydrogen-bond donors (Lipinski definition) is 1. The van der Waals surface area contributed by atoms with E-state index in [9.17, 15) is 22.8 Å². The minimum Gasteiger partial charge on any atom is -0.493 e. The maximum absolute atomic E-state index is 13.0. The monoisotopic (exact) mass is 394 g/mol. The second-order valence-electron chi connectivity index (χ2n) is 6.26. The second-order valence-corrected chi connectivity index (χ2v) is 6.26. The number of ether oxygens (including phenoxy) is 1. The van der Waals surface area contributed by atoms with Crippen LogP contribution in [0.2, 0.25) is 0 Å². The number of carbonyl (C=O) groups is 2. The van der Waals surface area contributed by atoms with Gasteiger partial charge in [-0.25, -0.2) is 0 Å². The van der Waals surface area contributed by atoms with E-state index in [0.29, 0.717) is 5.75 Å². The van der Waals surface area contributed by atoms with E-state index < -0.39 is 17.6 Å². The molecule has 8 heteroatoms. The van der Waals surface area contributed by atoms with Crippen molar-refractivity contribution in [1.29, 1.82) is 0 Å². The van der Waals surface area contributed by atoms with Gasteiger partial charge in [0.2, 0.25) is 11.8 Å². The molecule has 0 spiro atoms. The number of nitrogens with zero attached hydrogens (tertiary/aromatic N) is 1. The quantitative estimate of drug-likeness (QED) is 0.775. The van der Waals surface area contributed by atoms with E-state index in [-0.39, 0.29) is 31.2 Å². The van der Waals surface area contributed by atoms with Gasteiger partial charge in [0.1, 0.15) is 5.75 Å². The molecule has 0 fully saturated rings. The Kier molecular flexibility index (Phi) is 7.03. The number of carbonyl (C=O) groups excluding carboxylic acids is 2. The van der Waals surface area contributed by atoms with Crippen LogP contribution in [0.25, 0.3) is 0 Å². The summed E-state index contributed by atoms with van der Waals surface area (Å²) in [5.74, 6) is -0.434. The summed E-state index contributed by atoms with van der Waals surface area (Å²) >= 11 is 0. The maximum atomic E-state index is 13.0. The number of anilines is 1. The predicted octanol–water partition coefficient (Wildman–Crippen LogP) is 3.88. The number of hydrogen-bond acceptors (Lipinski definition) is 3. The number of rotatable bonds is 7. The molecule has 0 aliphatic heterocycles. The number of benzene rings is 2. The van der Waals surface area contributed by atoms with E-state index in [1.54, 1.807) is 6.07 Å². The molecular weight excluding hydrogens is 373 g/mol. The lowest BCUT2D eigenvalue weighted by atomic mass is 10.1. The van der Waals surface area contributed by atoms with Gasteiger partial charge in [-0.1, -0.05) is 24.3 Å². The van der Waals surface area contributed by atoms with Crippen molar-refractivity contribution in [2.45, 2.75) is 19.5 Å². The van der Waals surface area contributed by atoms with Crippen LogP contribution in [0, 0.1) is 6.92 Å². The van der Waals surface area contributed by atoms with Gasteiger partial charge >= 0.3 is 6.18 Å². The molecule has 0 heterocycles. The minimum absolute atomic E-state index is 0.0386. The van der Waals surface area contributed by atoms with Gasteiger partial charge in [-0.2, -0.15) is 13.2 Å². The average Bonchev–Trinajstić information content (AvgIpc) is 2.61. The minimum atomic E-state index is -4.58. The molecule has 0 aliphatic rings. The summed E-state index contributed by atoms with van der Waals surface area (Å²) in [5.41, 5.74) is -0.260. The summed E-state index contributed by atoms with van der Waals surface area (Å²) < 4.78 is 44.4. The van der Waals surface area contributed by atoms with E-state index in [2.05, 4.69) is 5.32 Å². The number of halogens is 3. The molecule has 0 bridgehead atoms. The van der Waals surface area contributed by atoms with Gasteiger partial charge in [0, 0.05) is 7.05 Å². The highest BCUT2D eigenvalue weighted by atomic mass is 19.4. The van der Waals surface area contributed by atoms with Crippen molar-refractivity contribution in [3.63, 3.8) is 0 Å². The summed E-state index contributed by atoms with van der Waals surface area (Å²) in [5, 5.41) is 2.21. The van der Waals surface area contributed by atoms with Crippen molar-refractivity contribution in [2.75, 3.05) is 25.5 Å². The van der Waals surface area contributed by atoms with Crippen molar-refractivity contribution < 1.29 is 27.5 Å². The van der Waals surface area contributed by atoms with Crippen LogP contribution >= 0.6 is 0 Å². The Labute approximate surface area is 161 Å². The highest BCUT2D eigenvalue weighted by molar-refractivity contribution is 5.95. The molecule has 0 unspecified atom stereocenters. The number of nitrogens with one attached hydrogen (secondary N) is 1. The van der Waals surface area contributed by atoms with Gasteiger partial charge in [-0.05, 0) is 36.8 Å². The van der Waals surface area contributed by atoms with E-state index in [1.165, 1.54) is 19.2 Å². The lowest BCUT2D eigenvalue weighted by Crippen LogP contribution is -2.35. The van der Waals surface area contributed by atoms with Crippen LogP contribution in [0.3, 0.4) is 0 Å². The standard InChI is InChI=1S/C20H21F3N2O3/c1-14-6-5-7-15(12-14)28-11-10-19(27)25(2)13-18(26)24-17-9-4-3-8-16(17)20(21,22)23/h3-9,12H,10-11,13H2,1-2H3,(H,24,26). The third kappa shape index (κ3) is 6.29. The molecule has 28 heavy (non-hydrogen) atoms. The number of alkyl halides is 3. The molecule has 2 aromatic carbocycles. The normalized spacial score (nSPS) is 11.0. The van der Waals surface area contributed by atoms with Gasteiger partial charge in [0.05, 0.1) is 30.8 Å². The largest absolute Gasteiger partial charge is 0.493 e. The van der Waals surface area contributed by atoms with Gasteiger partial charge in [-0.15, -0.1) is 0 Å². The molecule has 5 nitrogen and oxygen atoms in total. The summed E-state index contributed by atoms with van der Waals surface area (Å²) in [6.45, 7) is 1.68. The van der Waals surface area contributed by atoms with Crippen molar-refractivity contribution in [1.82, 2.24) is 4.90 Å². The van der Waals surface area contributed by atoms with Gasteiger partial charge < -0.3 is 15.0 Å². The highest BCUT2D eigenvalue weighted by Crippen LogP contribution is 2.34. The number of amides is 2. The fraction of sp³-hybridized carbons (Fsp3) is 0.300. The lowest BCUT2D eigenvalue weighted by Gasteiger charge is -2.18. The van der Waals surface area contributed by atoms with Gasteiger partial charge in [0.25, 0.3) is 0 Å². The smallest absolute Gasteiger partial charge is 0.418 e. The fourth-order valence-electron chi connectivity index (χ4n) is 2.48. The first-order chi connectivity index (χ1) is 13.2. The van der Waals surface area contributed by atoms with Crippen LogP contribution in [-0.4, -0.2) is 36.9 Å². The molecule has 0 atom stereocenters. The topological polar surface area (TPSA) is 58.6 Å². The van der Waals surface area contributed by atoms with Crippen LogP contribution in [-0.2, 0) is 15.8 Å². The van der Waals surface area contributed by atoms with E-state index in [0.717, 1.165) is 22.6 Å². The Balaban J connectivity index is 1.84. The molecule has 0 aromatic heterocycles. The summed E-state index contributed by atoms with van der Waals surface area (Å²) in [6, 6.07) is 12.0. The Morgan fingerprint density at radius 1 is 1.11 bits per heavy atom. The van der Waals surface area contributed by atoms with Crippen molar-refractivity contribution in [3.05, 3.63) is 59.7 Å². The zero-order valence-electron chi connectivity index (χ0n) is 15.5. The Morgan fingerprint density at radius 2 is 1.82 bits per heavy atom. The molecule has 0 aliphatic carbocycles. The van der Waals surface area contributed by atoms with Gasteiger partial charge in [-0.3, -0.25) is 9.59 Å². The van der Waals surface area contributed by atoms with Gasteiger partial charge in [0.15, 0.2) is 0 Å². The lowest BCUT2D eigenvalue weighted by molar-refractivity contribution is -0.137. The van der Waals surface area contributed by atoms with E-state index >= 15 is 0 Å². The summed E-state index contributed by atoms with van der Waals surface area (Å²) in [6.07, 6.45) is -4.55. The van der Waals surface area contributed by atoms with Crippen LogP contribution in [0.1, 0.15) is 17.5 Å². The van der Waals surface area contributed by atoms with Crippen LogP contribution in [0.15, 0.2) is 48.5 Å². The fourth-order valence-corrected chi connectivity index (χ4v) is 2.48. The molecule has 0 saturated carbocycles. The summed E-state index contributed by atoms with van der Waals surface area (Å²) in [4.78, 5) is 25.3. The first-order valence-electron chi connectivity index (χ1n) is 8.56. The maximum Gasteiger partial charge on any atom is 0.418 e. The predicted molar refractivity (Wildman–Crippen MR) is 99.0 cm³/mol. The number of likely N-dealkylation sites (N-methyl/N-ethyl adjacent to an activating group) is 1. The van der Waals surface area contributed by atoms with E-state index in [4.69, 9.17) is 4.74 Å². The second kappa shape index (κ2) is 9.25. The molecule has 2 amide bonds. The molecular formula is C20H21F3N2O3.